The van der Waals surface area contributed by atoms with E-state index in [0.29, 0.717) is 12.4 Å². The number of fused-ring (bicyclic) bond motifs is 1. The molecule has 0 spiro atoms. The number of phenolic OH excluding ortho intramolecular Hbond substituents is 2. The highest BCUT2D eigenvalue weighted by Crippen LogP contribution is 2.30. The summed E-state index contributed by atoms with van der Waals surface area (Å²) in [7, 11) is 1.94. The summed E-state index contributed by atoms with van der Waals surface area (Å²) in [4.78, 5) is 0. The molecule has 2 aromatic carbocycles. The fourth-order valence-electron chi connectivity index (χ4n) is 2.33. The highest BCUT2D eigenvalue weighted by Gasteiger charge is 2.10. The number of benzene rings is 2. The summed E-state index contributed by atoms with van der Waals surface area (Å²) < 4.78 is 7.65. The molecule has 0 saturated carbocycles. The number of nitrogens with zero attached hydrogens (tertiary/aromatic N) is 1. The lowest BCUT2D eigenvalue weighted by atomic mass is 10.1. The molecule has 0 aliphatic heterocycles. The predicted octanol–water partition coefficient (Wildman–Crippen LogP) is 3.17. The molecule has 20 heavy (non-hydrogen) atoms. The van der Waals surface area contributed by atoms with E-state index < -0.39 is 0 Å². The van der Waals surface area contributed by atoms with Crippen LogP contribution >= 0.6 is 0 Å². The van der Waals surface area contributed by atoms with Gasteiger partial charge >= 0.3 is 0 Å². The van der Waals surface area contributed by atoms with Crippen LogP contribution in [0, 0.1) is 0 Å². The lowest BCUT2D eigenvalue weighted by Crippen LogP contribution is -1.94. The molecule has 0 fully saturated rings. The topological polar surface area (TPSA) is 54.6 Å². The minimum Gasteiger partial charge on any atom is -0.508 e. The Labute approximate surface area is 116 Å². The number of aromatic hydroxyl groups is 2. The molecule has 0 unspecified atom stereocenters. The fourth-order valence-corrected chi connectivity index (χ4v) is 2.33. The summed E-state index contributed by atoms with van der Waals surface area (Å²) in [5.41, 5.74) is 1.89. The highest BCUT2D eigenvalue weighted by atomic mass is 16.5. The molecule has 3 aromatic rings. The Bertz CT molecular complexity index is 744. The number of phenols is 2. The molecule has 1 heterocycles. The molecule has 3 rings (SSSR count). The van der Waals surface area contributed by atoms with E-state index in [1.54, 1.807) is 30.3 Å². The van der Waals surface area contributed by atoms with Crippen LogP contribution < -0.4 is 4.74 Å². The molecule has 2 N–H and O–H groups in total. The third kappa shape index (κ3) is 2.16. The van der Waals surface area contributed by atoms with Gasteiger partial charge in [0.15, 0.2) is 0 Å². The van der Waals surface area contributed by atoms with E-state index in [2.05, 4.69) is 0 Å². The monoisotopic (exact) mass is 269 g/mol. The summed E-state index contributed by atoms with van der Waals surface area (Å²) in [5.74, 6) is 1.14. The van der Waals surface area contributed by atoms with Gasteiger partial charge in [0.05, 0.1) is 5.52 Å². The van der Waals surface area contributed by atoms with Gasteiger partial charge in [0.25, 0.3) is 0 Å². The van der Waals surface area contributed by atoms with Crippen molar-refractivity contribution in [3.05, 3.63) is 54.2 Å². The summed E-state index contributed by atoms with van der Waals surface area (Å²) in [6, 6.07) is 12.0. The van der Waals surface area contributed by atoms with Gasteiger partial charge in [0.2, 0.25) is 0 Å². The molecule has 0 amide bonds. The van der Waals surface area contributed by atoms with Gasteiger partial charge in [-0.2, -0.15) is 0 Å². The van der Waals surface area contributed by atoms with Gasteiger partial charge in [-0.05, 0) is 36.4 Å². The van der Waals surface area contributed by atoms with Gasteiger partial charge in [0, 0.05) is 24.2 Å². The Balaban J connectivity index is 1.89. The lowest BCUT2D eigenvalue weighted by Gasteiger charge is -2.06. The standard InChI is InChI=1S/C16H15NO3/c1-17-9-11(16-14(17)3-2-4-15(16)19)10-20-13-7-5-12(18)6-8-13/h2-9,18-19H,10H2,1H3. The van der Waals surface area contributed by atoms with Gasteiger partial charge in [-0.3, -0.25) is 0 Å². The third-order valence-corrected chi connectivity index (χ3v) is 3.30. The van der Waals surface area contributed by atoms with E-state index in [4.69, 9.17) is 4.74 Å². The van der Waals surface area contributed by atoms with Crippen LogP contribution in [-0.2, 0) is 13.7 Å². The van der Waals surface area contributed by atoms with Crippen LogP contribution in [0.2, 0.25) is 0 Å². The maximum atomic E-state index is 10.00. The van der Waals surface area contributed by atoms with E-state index >= 15 is 0 Å². The fraction of sp³-hybridized carbons (Fsp3) is 0.125. The van der Waals surface area contributed by atoms with Crippen molar-refractivity contribution >= 4 is 10.9 Å². The predicted molar refractivity (Wildman–Crippen MR) is 77.0 cm³/mol. The van der Waals surface area contributed by atoms with Crippen molar-refractivity contribution in [2.75, 3.05) is 0 Å². The van der Waals surface area contributed by atoms with Crippen molar-refractivity contribution in [3.8, 4) is 17.2 Å². The Kier molecular flexibility index (Phi) is 2.99. The van der Waals surface area contributed by atoms with Gasteiger partial charge in [-0.1, -0.05) is 6.07 Å². The SMILES string of the molecule is Cn1cc(COc2ccc(O)cc2)c2c(O)cccc21. The quantitative estimate of drug-likeness (QED) is 0.768. The molecule has 0 aliphatic carbocycles. The molecule has 102 valence electrons. The third-order valence-electron chi connectivity index (χ3n) is 3.30. The van der Waals surface area contributed by atoms with Crippen molar-refractivity contribution < 1.29 is 14.9 Å². The van der Waals surface area contributed by atoms with Crippen molar-refractivity contribution in [3.63, 3.8) is 0 Å². The Morgan fingerprint density at radius 2 is 1.80 bits per heavy atom. The van der Waals surface area contributed by atoms with Crippen LogP contribution in [0.1, 0.15) is 5.56 Å². The van der Waals surface area contributed by atoms with Crippen molar-refractivity contribution in [2.45, 2.75) is 6.61 Å². The maximum Gasteiger partial charge on any atom is 0.125 e. The van der Waals surface area contributed by atoms with Crippen LogP contribution in [0.15, 0.2) is 48.7 Å². The van der Waals surface area contributed by atoms with Crippen LogP contribution in [0.25, 0.3) is 10.9 Å². The first-order valence-corrected chi connectivity index (χ1v) is 6.33. The number of ether oxygens (including phenoxy) is 1. The first-order valence-electron chi connectivity index (χ1n) is 6.33. The second-order valence-corrected chi connectivity index (χ2v) is 4.72. The van der Waals surface area contributed by atoms with E-state index in [9.17, 15) is 10.2 Å². The summed E-state index contributed by atoms with van der Waals surface area (Å²) in [5, 5.41) is 20.0. The van der Waals surface area contributed by atoms with Crippen LogP contribution in [-0.4, -0.2) is 14.8 Å². The zero-order valence-corrected chi connectivity index (χ0v) is 11.1. The van der Waals surface area contributed by atoms with Crippen LogP contribution in [0.3, 0.4) is 0 Å². The minimum absolute atomic E-state index is 0.208. The van der Waals surface area contributed by atoms with E-state index in [1.807, 2.05) is 29.9 Å². The molecule has 0 aliphatic rings. The first-order chi connectivity index (χ1) is 9.65. The van der Waals surface area contributed by atoms with E-state index in [0.717, 1.165) is 16.5 Å². The molecule has 0 radical (unpaired) electrons. The maximum absolute atomic E-state index is 10.00. The summed E-state index contributed by atoms with van der Waals surface area (Å²) >= 11 is 0. The molecule has 4 heteroatoms. The van der Waals surface area contributed by atoms with Gasteiger partial charge in [-0.25, -0.2) is 0 Å². The van der Waals surface area contributed by atoms with Crippen LogP contribution in [0.5, 0.6) is 17.2 Å². The molecule has 4 nitrogen and oxygen atoms in total. The number of rotatable bonds is 3. The molecule has 1 aromatic heterocycles. The highest BCUT2D eigenvalue weighted by molar-refractivity contribution is 5.89. The van der Waals surface area contributed by atoms with Gasteiger partial charge in [0.1, 0.15) is 23.9 Å². The van der Waals surface area contributed by atoms with E-state index in [1.165, 1.54) is 0 Å². The van der Waals surface area contributed by atoms with Gasteiger partial charge < -0.3 is 19.5 Å². The lowest BCUT2D eigenvalue weighted by molar-refractivity contribution is 0.306. The first kappa shape index (κ1) is 12.4. The second kappa shape index (κ2) is 4.81. The van der Waals surface area contributed by atoms with Crippen molar-refractivity contribution in [1.82, 2.24) is 4.57 Å². The molecule has 0 atom stereocenters. The average Bonchev–Trinajstić information content (AvgIpc) is 2.77. The number of hydrogen-bond donors (Lipinski definition) is 2. The number of aromatic nitrogens is 1. The van der Waals surface area contributed by atoms with Crippen molar-refractivity contribution in [1.29, 1.82) is 0 Å². The number of hydrogen-bond acceptors (Lipinski definition) is 3. The van der Waals surface area contributed by atoms with Crippen LogP contribution in [0.4, 0.5) is 0 Å². The van der Waals surface area contributed by atoms with Crippen molar-refractivity contribution in [2.24, 2.45) is 7.05 Å². The smallest absolute Gasteiger partial charge is 0.125 e. The normalized spacial score (nSPS) is 10.8. The zero-order chi connectivity index (χ0) is 14.1. The molecular weight excluding hydrogens is 254 g/mol. The molecular formula is C16H15NO3. The Morgan fingerprint density at radius 3 is 2.55 bits per heavy atom. The average molecular weight is 269 g/mol. The molecule has 0 bridgehead atoms. The minimum atomic E-state index is 0.208. The number of aryl methyl sites for hydroxylation is 1. The van der Waals surface area contributed by atoms with E-state index in [-0.39, 0.29) is 11.5 Å². The Hall–Kier alpha value is -2.62. The second-order valence-electron chi connectivity index (χ2n) is 4.72. The Morgan fingerprint density at radius 1 is 1.05 bits per heavy atom. The summed E-state index contributed by atoms with van der Waals surface area (Å²) in [6.07, 6.45) is 1.95. The zero-order valence-electron chi connectivity index (χ0n) is 11.1. The molecule has 0 saturated heterocycles. The summed E-state index contributed by atoms with van der Waals surface area (Å²) in [6.45, 7) is 0.361. The van der Waals surface area contributed by atoms with Gasteiger partial charge in [-0.15, -0.1) is 0 Å². The largest absolute Gasteiger partial charge is 0.508 e.